The molecule has 1 heteroatoms. The Morgan fingerprint density at radius 1 is 0.294 bits per heavy atom. The molecule has 10 aromatic carbocycles. The first-order valence-corrected chi connectivity index (χ1v) is 17.6. The van der Waals surface area contributed by atoms with Crippen LogP contribution in [-0.4, -0.2) is 0 Å². The van der Waals surface area contributed by atoms with Gasteiger partial charge in [-0.1, -0.05) is 164 Å². The van der Waals surface area contributed by atoms with Gasteiger partial charge in [-0.05, 0) is 100 Å². The van der Waals surface area contributed by atoms with Crippen molar-refractivity contribution in [1.82, 2.24) is 0 Å². The third-order valence-corrected chi connectivity index (χ3v) is 10.8. The van der Waals surface area contributed by atoms with Crippen LogP contribution in [0.2, 0.25) is 0 Å². The fraction of sp³-hybridized carbons (Fsp3) is 0. The van der Waals surface area contributed by atoms with Crippen LogP contribution in [0.4, 0.5) is 0 Å². The number of fused-ring (bicyclic) bond motifs is 8. The Bertz CT molecular complexity index is 3030. The molecule has 0 bridgehead atoms. The highest BCUT2D eigenvalue weighted by Crippen LogP contribution is 2.54. The van der Waals surface area contributed by atoms with Gasteiger partial charge in [-0.25, -0.2) is 0 Å². The van der Waals surface area contributed by atoms with Crippen molar-refractivity contribution in [2.24, 2.45) is 0 Å². The molecule has 0 N–H and O–H groups in total. The summed E-state index contributed by atoms with van der Waals surface area (Å²) in [5.41, 5.74) is 9.72. The SMILES string of the molecule is c1ccc(-c2cc3c(c4ccccc24)Oc2ccc(-c4c5ccccc5c(-c5ccccc5)c5c4ccc4ccccc45)c4cccc-3c24)cc1. The summed E-state index contributed by atoms with van der Waals surface area (Å²) in [7, 11) is 0. The minimum Gasteiger partial charge on any atom is -0.455 e. The lowest BCUT2D eigenvalue weighted by atomic mass is 9.82. The van der Waals surface area contributed by atoms with E-state index in [2.05, 4.69) is 182 Å². The minimum absolute atomic E-state index is 0.898. The third kappa shape index (κ3) is 4.09. The molecule has 0 atom stereocenters. The molecule has 51 heavy (non-hydrogen) atoms. The first-order chi connectivity index (χ1) is 25.3. The van der Waals surface area contributed by atoms with Crippen LogP contribution in [0, 0.1) is 0 Å². The Kier molecular flexibility index (Phi) is 6.02. The molecule has 11 rings (SSSR count). The van der Waals surface area contributed by atoms with E-state index in [1.807, 2.05) is 0 Å². The summed E-state index contributed by atoms with van der Waals surface area (Å²) < 4.78 is 6.95. The van der Waals surface area contributed by atoms with Gasteiger partial charge >= 0.3 is 0 Å². The summed E-state index contributed by atoms with van der Waals surface area (Å²) in [4.78, 5) is 0. The maximum atomic E-state index is 6.95. The van der Waals surface area contributed by atoms with Gasteiger partial charge in [0.15, 0.2) is 0 Å². The van der Waals surface area contributed by atoms with Crippen LogP contribution in [0.1, 0.15) is 0 Å². The molecule has 1 aliphatic rings. The molecule has 0 aromatic heterocycles. The van der Waals surface area contributed by atoms with E-state index in [-0.39, 0.29) is 0 Å². The largest absolute Gasteiger partial charge is 0.455 e. The van der Waals surface area contributed by atoms with Gasteiger partial charge in [-0.2, -0.15) is 0 Å². The van der Waals surface area contributed by atoms with Crippen molar-refractivity contribution in [2.75, 3.05) is 0 Å². The Morgan fingerprint density at radius 2 is 0.922 bits per heavy atom. The maximum Gasteiger partial charge on any atom is 0.143 e. The summed E-state index contributed by atoms with van der Waals surface area (Å²) >= 11 is 0. The van der Waals surface area contributed by atoms with E-state index in [9.17, 15) is 0 Å². The zero-order valence-electron chi connectivity index (χ0n) is 27.7. The second-order valence-electron chi connectivity index (χ2n) is 13.5. The smallest absolute Gasteiger partial charge is 0.143 e. The average molecular weight is 647 g/mol. The number of hydrogen-bond acceptors (Lipinski definition) is 1. The third-order valence-electron chi connectivity index (χ3n) is 10.8. The Morgan fingerprint density at radius 3 is 1.71 bits per heavy atom. The fourth-order valence-electron chi connectivity index (χ4n) is 8.67. The molecule has 10 aromatic rings. The molecule has 1 nitrogen and oxygen atoms in total. The van der Waals surface area contributed by atoms with Crippen molar-refractivity contribution in [3.63, 3.8) is 0 Å². The quantitative estimate of drug-likeness (QED) is 0.137. The van der Waals surface area contributed by atoms with Gasteiger partial charge in [0.1, 0.15) is 11.5 Å². The standard InChI is InChI=1S/C50H30O/c1-3-14-31(15-4-1)43-30-44-39-25-13-24-38-40(28-29-45(48(38)39)51-50(44)41-23-12-9-20-35(41)43)47-37-22-11-10-21-36(37)46(33-17-5-2-6-18-33)49-34-19-8-7-16-32(34)26-27-42(47)49/h1-30H. The van der Waals surface area contributed by atoms with Gasteiger partial charge in [0.25, 0.3) is 0 Å². The van der Waals surface area contributed by atoms with Crippen LogP contribution < -0.4 is 4.74 Å². The normalized spacial score (nSPS) is 12.1. The Balaban J connectivity index is 1.26. The van der Waals surface area contributed by atoms with Crippen LogP contribution in [-0.2, 0) is 0 Å². The molecule has 0 amide bonds. The number of hydrogen-bond donors (Lipinski definition) is 0. The number of benzene rings is 10. The van der Waals surface area contributed by atoms with E-state index in [1.54, 1.807) is 0 Å². The molecule has 1 aliphatic heterocycles. The first-order valence-electron chi connectivity index (χ1n) is 17.6. The van der Waals surface area contributed by atoms with E-state index in [0.29, 0.717) is 0 Å². The molecule has 0 fully saturated rings. The van der Waals surface area contributed by atoms with Crippen molar-refractivity contribution >= 4 is 53.9 Å². The lowest BCUT2D eigenvalue weighted by molar-refractivity contribution is 0.493. The van der Waals surface area contributed by atoms with E-state index in [0.717, 1.165) is 27.8 Å². The maximum absolute atomic E-state index is 6.95. The topological polar surface area (TPSA) is 9.23 Å². The number of rotatable bonds is 3. The molecule has 0 spiro atoms. The Hall–Kier alpha value is -6.70. The van der Waals surface area contributed by atoms with Crippen molar-refractivity contribution in [2.45, 2.75) is 0 Å². The van der Waals surface area contributed by atoms with Crippen molar-refractivity contribution in [1.29, 1.82) is 0 Å². The summed E-state index contributed by atoms with van der Waals surface area (Å²) in [6.07, 6.45) is 0. The summed E-state index contributed by atoms with van der Waals surface area (Å²) in [6.45, 7) is 0. The zero-order chi connectivity index (χ0) is 33.5. The van der Waals surface area contributed by atoms with Crippen molar-refractivity contribution in [3.05, 3.63) is 182 Å². The summed E-state index contributed by atoms with van der Waals surface area (Å²) in [6, 6.07) is 66.1. The lowest BCUT2D eigenvalue weighted by Gasteiger charge is -2.26. The molecule has 1 heterocycles. The van der Waals surface area contributed by atoms with E-state index >= 15 is 0 Å². The van der Waals surface area contributed by atoms with Crippen LogP contribution in [0.5, 0.6) is 11.5 Å². The highest BCUT2D eigenvalue weighted by molar-refractivity contribution is 6.29. The monoisotopic (exact) mass is 646 g/mol. The molecule has 236 valence electrons. The van der Waals surface area contributed by atoms with Crippen LogP contribution >= 0.6 is 0 Å². The van der Waals surface area contributed by atoms with Crippen molar-refractivity contribution < 1.29 is 4.74 Å². The highest BCUT2D eigenvalue weighted by Gasteiger charge is 2.27. The van der Waals surface area contributed by atoms with Gasteiger partial charge in [0, 0.05) is 16.3 Å². The van der Waals surface area contributed by atoms with Gasteiger partial charge in [-0.15, -0.1) is 0 Å². The molecule has 0 saturated heterocycles. The molecular formula is C50H30O. The summed E-state index contributed by atoms with van der Waals surface area (Å²) in [5.74, 6) is 1.82. The number of ether oxygens (including phenoxy) is 1. The second kappa shape index (κ2) is 10.9. The van der Waals surface area contributed by atoms with E-state index < -0.39 is 0 Å². The predicted octanol–water partition coefficient (Wildman–Crippen LogP) is 14.2. The van der Waals surface area contributed by atoms with Gasteiger partial charge in [0.05, 0.1) is 0 Å². The second-order valence-corrected chi connectivity index (χ2v) is 13.5. The van der Waals surface area contributed by atoms with Gasteiger partial charge < -0.3 is 4.74 Å². The van der Waals surface area contributed by atoms with Crippen LogP contribution in [0.25, 0.3) is 98.4 Å². The summed E-state index contributed by atoms with van der Waals surface area (Å²) in [5, 5.41) is 12.2. The van der Waals surface area contributed by atoms with Crippen LogP contribution in [0.15, 0.2) is 182 Å². The van der Waals surface area contributed by atoms with Crippen molar-refractivity contribution in [3.8, 4) is 56.0 Å². The molecule has 0 saturated carbocycles. The fourth-order valence-corrected chi connectivity index (χ4v) is 8.67. The zero-order valence-corrected chi connectivity index (χ0v) is 27.7. The molecule has 0 unspecified atom stereocenters. The average Bonchev–Trinajstić information content (AvgIpc) is 3.20. The molecular weight excluding hydrogens is 617 g/mol. The molecule has 0 radical (unpaired) electrons. The van der Waals surface area contributed by atoms with Crippen LogP contribution in [0.3, 0.4) is 0 Å². The van der Waals surface area contributed by atoms with Gasteiger partial charge in [0.2, 0.25) is 0 Å². The van der Waals surface area contributed by atoms with Gasteiger partial charge in [-0.3, -0.25) is 0 Å². The Labute approximate surface area is 295 Å². The predicted molar refractivity (Wildman–Crippen MR) is 216 cm³/mol. The van der Waals surface area contributed by atoms with E-state index in [1.165, 1.54) is 82.0 Å². The minimum atomic E-state index is 0.898. The first kappa shape index (κ1) is 28.2. The van der Waals surface area contributed by atoms with E-state index in [4.69, 9.17) is 4.74 Å². The molecule has 0 aliphatic carbocycles. The lowest BCUT2D eigenvalue weighted by Crippen LogP contribution is -2.00. The highest BCUT2D eigenvalue weighted by atomic mass is 16.5.